The van der Waals surface area contributed by atoms with Crippen molar-refractivity contribution in [3.05, 3.63) is 22.9 Å². The van der Waals surface area contributed by atoms with Crippen LogP contribution in [0.2, 0.25) is 0 Å². The molecule has 64 valence electrons. The van der Waals surface area contributed by atoms with Crippen molar-refractivity contribution in [1.29, 1.82) is 0 Å². The van der Waals surface area contributed by atoms with Gasteiger partial charge in [-0.25, -0.2) is 0 Å². The molecule has 0 atom stereocenters. The van der Waals surface area contributed by atoms with Crippen LogP contribution in [-0.4, -0.2) is 12.3 Å². The molecule has 0 unspecified atom stereocenters. The second-order valence-electron chi connectivity index (χ2n) is 1.95. The first-order valence-electron chi connectivity index (χ1n) is 3.45. The molecule has 0 aliphatic carbocycles. The minimum absolute atomic E-state index is 0.376. The van der Waals surface area contributed by atoms with Crippen LogP contribution in [0.15, 0.2) is 22.9 Å². The van der Waals surface area contributed by atoms with E-state index >= 15 is 0 Å². The molecule has 0 aliphatic heterocycles. The summed E-state index contributed by atoms with van der Waals surface area (Å²) in [6.07, 6.45) is 3.51. The van der Waals surface area contributed by atoms with Crippen LogP contribution < -0.4 is 17.2 Å². The van der Waals surface area contributed by atoms with Crippen molar-refractivity contribution in [2.24, 2.45) is 17.2 Å². The maximum Gasteiger partial charge on any atom is 0.0655 e. The topological polar surface area (TPSA) is 78.1 Å². The molecule has 0 rings (SSSR count). The molecule has 0 saturated carbocycles. The molecule has 11 heavy (non-hydrogen) atoms. The number of rotatable bonds is 4. The van der Waals surface area contributed by atoms with Crippen molar-refractivity contribution < 1.29 is 0 Å². The Kier molecular flexibility index (Phi) is 5.78. The fourth-order valence-corrected chi connectivity index (χ4v) is 0.970. The van der Waals surface area contributed by atoms with Gasteiger partial charge in [0.15, 0.2) is 0 Å². The Balaban J connectivity index is 3.89. The van der Waals surface area contributed by atoms with Gasteiger partial charge in [0.05, 0.1) is 5.03 Å². The first-order valence-corrected chi connectivity index (χ1v) is 4.44. The second-order valence-corrected chi connectivity index (χ2v) is 3.29. The Hall–Kier alpha value is -0.610. The normalized spacial score (nSPS) is 13.6. The number of hydrogen-bond donors (Lipinski definition) is 3. The molecule has 4 heteroatoms. The van der Waals surface area contributed by atoms with E-state index in [1.165, 1.54) is 0 Å². The fourth-order valence-electron chi connectivity index (χ4n) is 0.472. The lowest BCUT2D eigenvalue weighted by Crippen LogP contribution is -2.10. The van der Waals surface area contributed by atoms with E-state index in [0.717, 1.165) is 10.8 Å². The van der Waals surface area contributed by atoms with E-state index in [1.54, 1.807) is 23.9 Å². The summed E-state index contributed by atoms with van der Waals surface area (Å²) in [5.41, 5.74) is 16.9. The monoisotopic (exact) mass is 173 g/mol. The molecule has 0 radical (unpaired) electrons. The quantitative estimate of drug-likeness (QED) is 0.536. The van der Waals surface area contributed by atoms with Crippen molar-refractivity contribution in [2.75, 3.05) is 12.3 Å². The van der Waals surface area contributed by atoms with E-state index in [-0.39, 0.29) is 0 Å². The number of nitrogens with two attached hydrogens (primary N) is 3. The van der Waals surface area contributed by atoms with Crippen LogP contribution in [0.5, 0.6) is 0 Å². The van der Waals surface area contributed by atoms with Gasteiger partial charge in [0, 0.05) is 12.2 Å². The van der Waals surface area contributed by atoms with Crippen molar-refractivity contribution in [1.82, 2.24) is 0 Å². The number of allylic oxidation sites excluding steroid dienone is 2. The van der Waals surface area contributed by atoms with Gasteiger partial charge in [-0.2, -0.15) is 0 Å². The summed E-state index contributed by atoms with van der Waals surface area (Å²) in [7, 11) is 0. The molecule has 0 saturated heterocycles. The average Bonchev–Trinajstić information content (AvgIpc) is 2.01. The van der Waals surface area contributed by atoms with Gasteiger partial charge < -0.3 is 17.2 Å². The highest BCUT2D eigenvalue weighted by atomic mass is 32.2. The molecular weight excluding hydrogens is 158 g/mol. The molecule has 0 aromatic rings. The fraction of sp³-hybridized carbons (Fsp3) is 0.429. The standard InChI is InChI=1S/C7H15N3S/c1-2-11-7(10)4-3-6(9)5-8/h3-4H,2,5,8-10H2,1H3/b6-3-,7-4+. The zero-order valence-electron chi connectivity index (χ0n) is 6.71. The van der Waals surface area contributed by atoms with Gasteiger partial charge in [-0.15, -0.1) is 11.8 Å². The largest absolute Gasteiger partial charge is 0.401 e. The molecule has 6 N–H and O–H groups in total. The van der Waals surface area contributed by atoms with E-state index in [1.807, 2.05) is 6.92 Å². The molecule has 0 aromatic carbocycles. The summed E-state index contributed by atoms with van der Waals surface area (Å²) >= 11 is 1.58. The Labute approximate surface area is 71.7 Å². The minimum atomic E-state index is 0.376. The number of hydrogen-bond acceptors (Lipinski definition) is 4. The first-order chi connectivity index (χ1) is 5.20. The van der Waals surface area contributed by atoms with E-state index in [4.69, 9.17) is 17.2 Å². The summed E-state index contributed by atoms with van der Waals surface area (Å²) < 4.78 is 0. The highest BCUT2D eigenvalue weighted by Gasteiger charge is 1.86. The predicted molar refractivity (Wildman–Crippen MR) is 51.7 cm³/mol. The lowest BCUT2D eigenvalue weighted by atomic mass is 10.4. The minimum Gasteiger partial charge on any atom is -0.401 e. The summed E-state index contributed by atoms with van der Waals surface area (Å²) in [6, 6.07) is 0. The van der Waals surface area contributed by atoms with Crippen LogP contribution in [0, 0.1) is 0 Å². The van der Waals surface area contributed by atoms with E-state index in [0.29, 0.717) is 12.2 Å². The smallest absolute Gasteiger partial charge is 0.0655 e. The molecule has 0 spiro atoms. The van der Waals surface area contributed by atoms with E-state index in [2.05, 4.69) is 0 Å². The van der Waals surface area contributed by atoms with Crippen molar-refractivity contribution in [3.63, 3.8) is 0 Å². The lowest BCUT2D eigenvalue weighted by molar-refractivity contribution is 1.11. The molecular formula is C7H15N3S. The summed E-state index contributed by atoms with van der Waals surface area (Å²) in [5.74, 6) is 0.971. The molecule has 0 aromatic heterocycles. The van der Waals surface area contributed by atoms with Gasteiger partial charge in [-0.05, 0) is 17.9 Å². The highest BCUT2D eigenvalue weighted by molar-refractivity contribution is 8.02. The average molecular weight is 173 g/mol. The molecule has 0 heterocycles. The van der Waals surface area contributed by atoms with Crippen molar-refractivity contribution in [3.8, 4) is 0 Å². The molecule has 0 fully saturated rings. The third-order valence-corrected chi connectivity index (χ3v) is 1.77. The highest BCUT2D eigenvalue weighted by Crippen LogP contribution is 2.07. The van der Waals surface area contributed by atoms with Crippen LogP contribution >= 0.6 is 11.8 Å². The zero-order chi connectivity index (χ0) is 8.69. The third-order valence-electron chi connectivity index (χ3n) is 1.01. The lowest BCUT2D eigenvalue weighted by Gasteiger charge is -1.95. The molecule has 0 amide bonds. The van der Waals surface area contributed by atoms with Crippen LogP contribution in [0.3, 0.4) is 0 Å². The van der Waals surface area contributed by atoms with Gasteiger partial charge in [-0.1, -0.05) is 6.92 Å². The summed E-state index contributed by atoms with van der Waals surface area (Å²) in [4.78, 5) is 0. The van der Waals surface area contributed by atoms with Crippen LogP contribution in [0.25, 0.3) is 0 Å². The summed E-state index contributed by atoms with van der Waals surface area (Å²) in [5, 5.41) is 0.768. The third kappa shape index (κ3) is 5.82. The van der Waals surface area contributed by atoms with Crippen molar-refractivity contribution in [2.45, 2.75) is 6.92 Å². The van der Waals surface area contributed by atoms with Gasteiger partial charge in [0.1, 0.15) is 0 Å². The van der Waals surface area contributed by atoms with Crippen molar-refractivity contribution >= 4 is 11.8 Å². The predicted octanol–water partition coefficient (Wildman–Crippen LogP) is 0.341. The Morgan fingerprint density at radius 3 is 2.45 bits per heavy atom. The summed E-state index contributed by atoms with van der Waals surface area (Å²) in [6.45, 7) is 2.42. The Morgan fingerprint density at radius 2 is 2.00 bits per heavy atom. The van der Waals surface area contributed by atoms with Gasteiger partial charge in [-0.3, -0.25) is 0 Å². The maximum absolute atomic E-state index is 5.57. The molecule has 3 nitrogen and oxygen atoms in total. The van der Waals surface area contributed by atoms with E-state index in [9.17, 15) is 0 Å². The van der Waals surface area contributed by atoms with Gasteiger partial charge in [0.25, 0.3) is 0 Å². The second kappa shape index (κ2) is 6.12. The Morgan fingerprint density at radius 1 is 1.36 bits per heavy atom. The molecule has 0 aliphatic rings. The SMILES string of the molecule is CCS/C(N)=C/C=C(\N)CN. The Bertz CT molecular complexity index is 163. The molecule has 0 bridgehead atoms. The van der Waals surface area contributed by atoms with Crippen LogP contribution in [-0.2, 0) is 0 Å². The maximum atomic E-state index is 5.57. The first kappa shape index (κ1) is 10.4. The van der Waals surface area contributed by atoms with Crippen LogP contribution in [0.4, 0.5) is 0 Å². The number of thioether (sulfide) groups is 1. The van der Waals surface area contributed by atoms with E-state index < -0.39 is 0 Å². The zero-order valence-corrected chi connectivity index (χ0v) is 7.53. The van der Waals surface area contributed by atoms with Gasteiger partial charge in [0.2, 0.25) is 0 Å². The van der Waals surface area contributed by atoms with Crippen LogP contribution in [0.1, 0.15) is 6.92 Å². The van der Waals surface area contributed by atoms with Gasteiger partial charge >= 0.3 is 0 Å².